The second-order valence-electron chi connectivity index (χ2n) is 6.98. The number of ether oxygens (including phenoxy) is 1. The summed E-state index contributed by atoms with van der Waals surface area (Å²) in [5, 5.41) is 2.86. The van der Waals surface area contributed by atoms with Gasteiger partial charge in [-0.25, -0.2) is 4.98 Å². The zero-order chi connectivity index (χ0) is 20.2. The smallest absolute Gasteiger partial charge is 0.292 e. The molecule has 1 aliphatic rings. The molecule has 1 N–H and O–H groups in total. The summed E-state index contributed by atoms with van der Waals surface area (Å²) >= 11 is 0. The van der Waals surface area contributed by atoms with Crippen molar-refractivity contribution in [3.8, 4) is 5.75 Å². The van der Waals surface area contributed by atoms with E-state index in [-0.39, 0.29) is 11.7 Å². The molecule has 1 aromatic carbocycles. The van der Waals surface area contributed by atoms with Crippen LogP contribution in [0.1, 0.15) is 47.3 Å². The van der Waals surface area contributed by atoms with Gasteiger partial charge in [-0.3, -0.25) is 14.0 Å². The minimum Gasteiger partial charge on any atom is -0.492 e. The number of nitrogens with zero attached hydrogens (tertiary/aromatic N) is 3. The van der Waals surface area contributed by atoms with E-state index in [2.05, 4.69) is 10.3 Å². The number of carbonyl (C=O) groups excluding carboxylic acids is 2. The Bertz CT molecular complexity index is 1040. The van der Waals surface area contributed by atoms with Gasteiger partial charge in [0.15, 0.2) is 5.69 Å². The van der Waals surface area contributed by atoms with Gasteiger partial charge < -0.3 is 15.0 Å². The molecular weight excluding hydrogens is 368 g/mol. The fourth-order valence-electron chi connectivity index (χ4n) is 3.63. The van der Waals surface area contributed by atoms with E-state index in [1.54, 1.807) is 22.7 Å². The largest absolute Gasteiger partial charge is 0.492 e. The number of pyridine rings is 1. The summed E-state index contributed by atoms with van der Waals surface area (Å²) in [6.07, 6.45) is 4.89. The molecule has 0 radical (unpaired) electrons. The van der Waals surface area contributed by atoms with E-state index in [1.807, 2.05) is 42.2 Å². The number of hydrogen-bond donors (Lipinski definition) is 1. The second kappa shape index (κ2) is 8.34. The molecule has 2 amide bonds. The summed E-state index contributed by atoms with van der Waals surface area (Å²) in [6, 6.07) is 12.7. The summed E-state index contributed by atoms with van der Waals surface area (Å²) in [5.74, 6) is 0.249. The highest BCUT2D eigenvalue weighted by Crippen LogP contribution is 2.25. The van der Waals surface area contributed by atoms with Crippen LogP contribution in [0.4, 0.5) is 5.69 Å². The number of piperidine rings is 1. The first-order valence-corrected chi connectivity index (χ1v) is 9.98. The van der Waals surface area contributed by atoms with Crippen molar-refractivity contribution in [1.82, 2.24) is 14.3 Å². The van der Waals surface area contributed by atoms with Crippen LogP contribution in [-0.2, 0) is 0 Å². The highest BCUT2D eigenvalue weighted by Gasteiger charge is 2.26. The van der Waals surface area contributed by atoms with Crippen LogP contribution in [0.25, 0.3) is 5.52 Å². The molecule has 2 aromatic heterocycles. The van der Waals surface area contributed by atoms with E-state index in [9.17, 15) is 9.59 Å². The molecule has 1 fully saturated rings. The van der Waals surface area contributed by atoms with Gasteiger partial charge in [0.25, 0.3) is 11.8 Å². The Morgan fingerprint density at radius 2 is 1.83 bits per heavy atom. The van der Waals surface area contributed by atoms with Gasteiger partial charge in [-0.1, -0.05) is 18.2 Å². The van der Waals surface area contributed by atoms with Crippen molar-refractivity contribution in [2.24, 2.45) is 0 Å². The monoisotopic (exact) mass is 392 g/mol. The molecule has 1 aliphatic heterocycles. The zero-order valence-electron chi connectivity index (χ0n) is 16.4. The maximum atomic E-state index is 13.0. The highest BCUT2D eigenvalue weighted by molar-refractivity contribution is 6.06. The molecule has 4 rings (SSSR count). The predicted molar refractivity (Wildman–Crippen MR) is 111 cm³/mol. The molecular formula is C22H24N4O3. The summed E-state index contributed by atoms with van der Waals surface area (Å²) in [4.78, 5) is 32.3. The van der Waals surface area contributed by atoms with Gasteiger partial charge in [0, 0.05) is 19.3 Å². The van der Waals surface area contributed by atoms with Crippen LogP contribution in [0.5, 0.6) is 5.75 Å². The predicted octanol–water partition coefficient (Wildman–Crippen LogP) is 3.61. The molecule has 0 unspecified atom stereocenters. The third-order valence-electron chi connectivity index (χ3n) is 5.03. The summed E-state index contributed by atoms with van der Waals surface area (Å²) in [7, 11) is 0. The second-order valence-corrected chi connectivity index (χ2v) is 6.98. The van der Waals surface area contributed by atoms with Crippen LogP contribution in [0, 0.1) is 0 Å². The average molecular weight is 392 g/mol. The fraction of sp³-hybridized carbons (Fsp3) is 0.318. The van der Waals surface area contributed by atoms with Gasteiger partial charge >= 0.3 is 0 Å². The number of nitrogens with one attached hydrogen (secondary N) is 1. The number of amides is 2. The number of anilines is 1. The molecule has 0 atom stereocenters. The lowest BCUT2D eigenvalue weighted by atomic mass is 10.1. The molecule has 7 heteroatoms. The van der Waals surface area contributed by atoms with E-state index < -0.39 is 5.91 Å². The van der Waals surface area contributed by atoms with E-state index >= 15 is 0 Å². The van der Waals surface area contributed by atoms with Gasteiger partial charge in [0.2, 0.25) is 5.82 Å². The van der Waals surface area contributed by atoms with Gasteiger partial charge in [-0.15, -0.1) is 0 Å². The van der Waals surface area contributed by atoms with Crippen molar-refractivity contribution in [1.29, 1.82) is 0 Å². The van der Waals surface area contributed by atoms with Crippen LogP contribution < -0.4 is 10.1 Å². The third-order valence-corrected chi connectivity index (χ3v) is 5.03. The van der Waals surface area contributed by atoms with Crippen molar-refractivity contribution < 1.29 is 14.3 Å². The van der Waals surface area contributed by atoms with E-state index in [4.69, 9.17) is 4.74 Å². The average Bonchev–Trinajstić information content (AvgIpc) is 3.15. The Hall–Kier alpha value is -3.35. The zero-order valence-corrected chi connectivity index (χ0v) is 16.4. The molecule has 0 spiro atoms. The first kappa shape index (κ1) is 19.0. The minimum atomic E-state index is -0.393. The maximum Gasteiger partial charge on any atom is 0.292 e. The number of carbonyl (C=O) groups is 2. The Kier molecular flexibility index (Phi) is 5.46. The third kappa shape index (κ3) is 3.81. The van der Waals surface area contributed by atoms with Crippen molar-refractivity contribution in [3.05, 3.63) is 60.2 Å². The Labute approximate surface area is 169 Å². The molecule has 0 aliphatic carbocycles. The first-order chi connectivity index (χ1) is 14.2. The SMILES string of the molecule is CCOc1ccccc1NC(=O)c1nc(C(=O)N2CCCCC2)c2ccccn12. The van der Waals surface area contributed by atoms with Gasteiger partial charge in [0.1, 0.15) is 5.75 Å². The number of benzene rings is 1. The molecule has 1 saturated heterocycles. The lowest BCUT2D eigenvalue weighted by Gasteiger charge is -2.25. The van der Waals surface area contributed by atoms with Crippen LogP contribution in [0.2, 0.25) is 0 Å². The normalized spacial score (nSPS) is 14.0. The maximum absolute atomic E-state index is 13.0. The first-order valence-electron chi connectivity index (χ1n) is 9.98. The summed E-state index contributed by atoms with van der Waals surface area (Å²) in [6.45, 7) is 3.84. The number of likely N-dealkylation sites (tertiary alicyclic amines) is 1. The fourth-order valence-corrected chi connectivity index (χ4v) is 3.63. The Morgan fingerprint density at radius 1 is 1.07 bits per heavy atom. The summed E-state index contributed by atoms with van der Waals surface area (Å²) in [5.41, 5.74) is 1.51. The number of rotatable bonds is 5. The van der Waals surface area contributed by atoms with Gasteiger partial charge in [-0.05, 0) is 50.5 Å². The quantitative estimate of drug-likeness (QED) is 0.720. The molecule has 29 heavy (non-hydrogen) atoms. The Balaban J connectivity index is 1.67. The van der Waals surface area contributed by atoms with Crippen LogP contribution in [0.15, 0.2) is 48.7 Å². The molecule has 7 nitrogen and oxygen atoms in total. The molecule has 0 bridgehead atoms. The number of aromatic nitrogens is 2. The van der Waals surface area contributed by atoms with E-state index in [1.165, 1.54) is 0 Å². The molecule has 3 heterocycles. The minimum absolute atomic E-state index is 0.123. The van der Waals surface area contributed by atoms with Crippen molar-refractivity contribution in [3.63, 3.8) is 0 Å². The number of imidazole rings is 1. The van der Waals surface area contributed by atoms with E-state index in [0.29, 0.717) is 29.3 Å². The Morgan fingerprint density at radius 3 is 2.62 bits per heavy atom. The lowest BCUT2D eigenvalue weighted by Crippen LogP contribution is -2.36. The topological polar surface area (TPSA) is 75.9 Å². The molecule has 150 valence electrons. The lowest BCUT2D eigenvalue weighted by molar-refractivity contribution is 0.0721. The van der Waals surface area contributed by atoms with Gasteiger partial charge in [-0.2, -0.15) is 0 Å². The number of hydrogen-bond acceptors (Lipinski definition) is 4. The highest BCUT2D eigenvalue weighted by atomic mass is 16.5. The van der Waals surface area contributed by atoms with Crippen LogP contribution in [-0.4, -0.2) is 45.8 Å². The number of para-hydroxylation sites is 2. The standard InChI is InChI=1S/C22H24N4O3/c1-2-29-18-12-5-4-10-16(18)23-21(27)20-24-19(17-11-6-9-15-26(17)20)22(28)25-13-7-3-8-14-25/h4-6,9-12,15H,2-3,7-8,13-14H2,1H3,(H,23,27). The van der Waals surface area contributed by atoms with Crippen molar-refractivity contribution in [2.45, 2.75) is 26.2 Å². The molecule has 0 saturated carbocycles. The van der Waals surface area contributed by atoms with Crippen molar-refractivity contribution >= 4 is 23.0 Å². The van der Waals surface area contributed by atoms with Crippen LogP contribution >= 0.6 is 0 Å². The van der Waals surface area contributed by atoms with Crippen LogP contribution in [0.3, 0.4) is 0 Å². The summed E-state index contributed by atoms with van der Waals surface area (Å²) < 4.78 is 7.24. The van der Waals surface area contributed by atoms with E-state index in [0.717, 1.165) is 32.4 Å². The molecule has 3 aromatic rings. The van der Waals surface area contributed by atoms with Gasteiger partial charge in [0.05, 0.1) is 17.8 Å². The van der Waals surface area contributed by atoms with Crippen molar-refractivity contribution in [2.75, 3.05) is 25.0 Å². The number of fused-ring (bicyclic) bond motifs is 1.